The summed E-state index contributed by atoms with van der Waals surface area (Å²) in [6.45, 7) is 2.62. The number of hydrogen-bond donors (Lipinski definition) is 2. The normalized spacial score (nSPS) is 30.2. The predicted molar refractivity (Wildman–Crippen MR) is 62.2 cm³/mol. The lowest BCUT2D eigenvalue weighted by Gasteiger charge is -2.22. The highest BCUT2D eigenvalue weighted by atomic mass is 16.5. The van der Waals surface area contributed by atoms with Gasteiger partial charge in [-0.1, -0.05) is 6.42 Å². The molecule has 0 bridgehead atoms. The molecule has 16 heavy (non-hydrogen) atoms. The number of carbonyl (C=O) groups is 1. The SMILES string of the molecule is O=C(NCCC1CCCO1)[C@H]1CCCCN1. The first-order chi connectivity index (χ1) is 7.86. The summed E-state index contributed by atoms with van der Waals surface area (Å²) in [4.78, 5) is 11.8. The monoisotopic (exact) mass is 226 g/mol. The largest absolute Gasteiger partial charge is 0.378 e. The molecular formula is C12H22N2O2. The van der Waals surface area contributed by atoms with Gasteiger partial charge >= 0.3 is 0 Å². The zero-order chi connectivity index (χ0) is 11.2. The van der Waals surface area contributed by atoms with Crippen LogP contribution in [-0.2, 0) is 9.53 Å². The van der Waals surface area contributed by atoms with Crippen molar-refractivity contribution in [3.05, 3.63) is 0 Å². The summed E-state index contributed by atoms with van der Waals surface area (Å²) in [6.07, 6.45) is 6.99. The number of ether oxygens (including phenoxy) is 1. The van der Waals surface area contributed by atoms with Crippen LogP contribution in [0.15, 0.2) is 0 Å². The molecule has 2 N–H and O–H groups in total. The summed E-state index contributed by atoms with van der Waals surface area (Å²) in [5.41, 5.74) is 0. The van der Waals surface area contributed by atoms with E-state index < -0.39 is 0 Å². The first kappa shape index (κ1) is 11.9. The van der Waals surface area contributed by atoms with E-state index in [1.165, 1.54) is 12.8 Å². The number of amides is 1. The minimum absolute atomic E-state index is 0.0400. The summed E-state index contributed by atoms with van der Waals surface area (Å²) in [7, 11) is 0. The van der Waals surface area contributed by atoms with E-state index in [1.54, 1.807) is 0 Å². The minimum Gasteiger partial charge on any atom is -0.378 e. The Hall–Kier alpha value is -0.610. The van der Waals surface area contributed by atoms with Crippen LogP contribution >= 0.6 is 0 Å². The third-order valence-electron chi connectivity index (χ3n) is 3.42. The highest BCUT2D eigenvalue weighted by molar-refractivity contribution is 5.81. The molecule has 0 aromatic heterocycles. The van der Waals surface area contributed by atoms with Gasteiger partial charge in [0.15, 0.2) is 0 Å². The van der Waals surface area contributed by atoms with Crippen LogP contribution in [0.25, 0.3) is 0 Å². The molecule has 1 unspecified atom stereocenters. The number of nitrogens with one attached hydrogen (secondary N) is 2. The van der Waals surface area contributed by atoms with Crippen molar-refractivity contribution in [2.45, 2.75) is 50.7 Å². The molecular weight excluding hydrogens is 204 g/mol. The van der Waals surface area contributed by atoms with Gasteiger partial charge in [-0.2, -0.15) is 0 Å². The molecule has 0 aromatic carbocycles. The molecule has 2 fully saturated rings. The molecule has 0 spiro atoms. The average molecular weight is 226 g/mol. The van der Waals surface area contributed by atoms with Crippen molar-refractivity contribution in [3.8, 4) is 0 Å². The second-order valence-electron chi connectivity index (χ2n) is 4.72. The maximum Gasteiger partial charge on any atom is 0.237 e. The molecule has 2 atom stereocenters. The maximum atomic E-state index is 11.8. The fourth-order valence-corrected chi connectivity index (χ4v) is 2.43. The molecule has 2 aliphatic heterocycles. The van der Waals surface area contributed by atoms with E-state index in [9.17, 15) is 4.79 Å². The molecule has 4 heteroatoms. The van der Waals surface area contributed by atoms with E-state index in [0.29, 0.717) is 6.10 Å². The molecule has 0 aliphatic carbocycles. The van der Waals surface area contributed by atoms with Gasteiger partial charge in [-0.05, 0) is 38.6 Å². The number of hydrogen-bond acceptors (Lipinski definition) is 3. The van der Waals surface area contributed by atoms with Crippen molar-refractivity contribution in [2.24, 2.45) is 0 Å². The highest BCUT2D eigenvalue weighted by Crippen LogP contribution is 2.14. The fourth-order valence-electron chi connectivity index (χ4n) is 2.43. The van der Waals surface area contributed by atoms with Crippen LogP contribution in [0, 0.1) is 0 Å². The van der Waals surface area contributed by atoms with Crippen LogP contribution in [0.1, 0.15) is 38.5 Å². The second-order valence-corrected chi connectivity index (χ2v) is 4.72. The third-order valence-corrected chi connectivity index (χ3v) is 3.42. The molecule has 0 saturated carbocycles. The van der Waals surface area contributed by atoms with Crippen LogP contribution in [-0.4, -0.2) is 37.7 Å². The minimum atomic E-state index is 0.0400. The first-order valence-electron chi connectivity index (χ1n) is 6.49. The molecule has 2 aliphatic rings. The van der Waals surface area contributed by atoms with Gasteiger partial charge in [0.25, 0.3) is 0 Å². The lowest BCUT2D eigenvalue weighted by molar-refractivity contribution is -0.123. The van der Waals surface area contributed by atoms with Crippen LogP contribution in [0.3, 0.4) is 0 Å². The maximum absolute atomic E-state index is 11.8. The van der Waals surface area contributed by atoms with Gasteiger partial charge in [-0.3, -0.25) is 4.79 Å². The van der Waals surface area contributed by atoms with Gasteiger partial charge in [0.1, 0.15) is 0 Å². The highest BCUT2D eigenvalue weighted by Gasteiger charge is 2.20. The molecule has 2 saturated heterocycles. The zero-order valence-electron chi connectivity index (χ0n) is 9.84. The Morgan fingerprint density at radius 3 is 2.94 bits per heavy atom. The topological polar surface area (TPSA) is 50.4 Å². The molecule has 4 nitrogen and oxygen atoms in total. The van der Waals surface area contributed by atoms with Gasteiger partial charge in [-0.25, -0.2) is 0 Å². The summed E-state index contributed by atoms with van der Waals surface area (Å²) >= 11 is 0. The Bertz CT molecular complexity index is 221. The lowest BCUT2D eigenvalue weighted by atomic mass is 10.0. The summed E-state index contributed by atoms with van der Waals surface area (Å²) in [5.74, 6) is 0.165. The average Bonchev–Trinajstić information content (AvgIpc) is 2.83. The van der Waals surface area contributed by atoms with E-state index >= 15 is 0 Å². The third kappa shape index (κ3) is 3.46. The Morgan fingerprint density at radius 1 is 1.31 bits per heavy atom. The van der Waals surface area contributed by atoms with Crippen molar-refractivity contribution < 1.29 is 9.53 Å². The van der Waals surface area contributed by atoms with E-state index in [1.807, 2.05) is 0 Å². The summed E-state index contributed by atoms with van der Waals surface area (Å²) < 4.78 is 5.51. The van der Waals surface area contributed by atoms with Crippen LogP contribution in [0.4, 0.5) is 0 Å². The van der Waals surface area contributed by atoms with E-state index in [0.717, 1.165) is 45.4 Å². The number of piperidine rings is 1. The van der Waals surface area contributed by atoms with Crippen LogP contribution in [0.5, 0.6) is 0 Å². The molecule has 2 heterocycles. The van der Waals surface area contributed by atoms with Crippen LogP contribution < -0.4 is 10.6 Å². The van der Waals surface area contributed by atoms with E-state index in [2.05, 4.69) is 10.6 Å². The Morgan fingerprint density at radius 2 is 2.25 bits per heavy atom. The Balaban J connectivity index is 1.59. The molecule has 0 aromatic rings. The second kappa shape index (κ2) is 6.21. The Kier molecular flexibility index (Phi) is 4.60. The van der Waals surface area contributed by atoms with Gasteiger partial charge in [0.05, 0.1) is 12.1 Å². The molecule has 92 valence electrons. The van der Waals surface area contributed by atoms with Crippen molar-refractivity contribution in [1.29, 1.82) is 0 Å². The fraction of sp³-hybridized carbons (Fsp3) is 0.917. The van der Waals surface area contributed by atoms with Crippen molar-refractivity contribution in [2.75, 3.05) is 19.7 Å². The smallest absolute Gasteiger partial charge is 0.237 e. The van der Waals surface area contributed by atoms with E-state index in [4.69, 9.17) is 4.74 Å². The first-order valence-corrected chi connectivity index (χ1v) is 6.49. The quantitative estimate of drug-likeness (QED) is 0.746. The van der Waals surface area contributed by atoms with Crippen molar-refractivity contribution in [1.82, 2.24) is 10.6 Å². The van der Waals surface area contributed by atoms with Crippen molar-refractivity contribution >= 4 is 5.91 Å². The van der Waals surface area contributed by atoms with Gasteiger partial charge < -0.3 is 15.4 Å². The predicted octanol–water partition coefficient (Wildman–Crippen LogP) is 0.814. The zero-order valence-corrected chi connectivity index (χ0v) is 9.84. The van der Waals surface area contributed by atoms with E-state index in [-0.39, 0.29) is 11.9 Å². The van der Waals surface area contributed by atoms with Crippen molar-refractivity contribution in [3.63, 3.8) is 0 Å². The van der Waals surface area contributed by atoms with Gasteiger partial charge in [0, 0.05) is 13.2 Å². The van der Waals surface area contributed by atoms with Crippen LogP contribution in [0.2, 0.25) is 0 Å². The number of rotatable bonds is 4. The summed E-state index contributed by atoms with van der Waals surface area (Å²) in [6, 6.07) is 0.0400. The molecule has 0 radical (unpaired) electrons. The standard InChI is InChI=1S/C12H22N2O2/c15-12(11-5-1-2-7-13-11)14-8-6-10-4-3-9-16-10/h10-11,13H,1-9H2,(H,14,15)/t10?,11-/m1/s1. The lowest BCUT2D eigenvalue weighted by Crippen LogP contribution is -2.47. The van der Waals surface area contributed by atoms with Gasteiger partial charge in [-0.15, -0.1) is 0 Å². The molecule has 2 rings (SSSR count). The summed E-state index contributed by atoms with van der Waals surface area (Å²) in [5, 5.41) is 6.25. The van der Waals surface area contributed by atoms with Gasteiger partial charge in [0.2, 0.25) is 5.91 Å². The number of carbonyl (C=O) groups excluding carboxylic acids is 1. The molecule has 1 amide bonds. The Labute approximate surface area is 97.1 Å².